The minimum Gasteiger partial charge on any atom is -0.329 e. The second-order valence-corrected chi connectivity index (χ2v) is 7.31. The van der Waals surface area contributed by atoms with Gasteiger partial charge in [-0.05, 0) is 30.4 Å². The standard InChI is InChI=1S/C16H24N2S/c1-2-15-11-18(7-8-19-15)16(12-17)9-13-5-3-4-6-14(13)10-16/h3-6,15H,2,7-12,17H2,1H3. The molecule has 1 saturated heterocycles. The SMILES string of the molecule is CCC1CN(C2(CN)Cc3ccccc3C2)CCS1. The van der Waals surface area contributed by atoms with E-state index in [0.717, 1.165) is 24.6 Å². The quantitative estimate of drug-likeness (QED) is 0.918. The van der Waals surface area contributed by atoms with Crippen molar-refractivity contribution in [3.8, 4) is 0 Å². The average Bonchev–Trinajstić information content (AvgIpc) is 2.87. The molecule has 1 aliphatic carbocycles. The van der Waals surface area contributed by atoms with Gasteiger partial charge in [0.1, 0.15) is 0 Å². The summed E-state index contributed by atoms with van der Waals surface area (Å²) in [5.74, 6) is 1.26. The maximum Gasteiger partial charge on any atom is 0.0413 e. The predicted molar refractivity (Wildman–Crippen MR) is 83.7 cm³/mol. The van der Waals surface area contributed by atoms with Crippen LogP contribution in [0.4, 0.5) is 0 Å². The van der Waals surface area contributed by atoms with Crippen molar-refractivity contribution in [3.63, 3.8) is 0 Å². The zero-order valence-electron chi connectivity index (χ0n) is 11.8. The number of hydrogen-bond donors (Lipinski definition) is 1. The molecule has 2 nitrogen and oxygen atoms in total. The average molecular weight is 276 g/mol. The molecule has 2 N–H and O–H groups in total. The van der Waals surface area contributed by atoms with Crippen LogP contribution in [0.15, 0.2) is 24.3 Å². The summed E-state index contributed by atoms with van der Waals surface area (Å²) in [5.41, 5.74) is 9.44. The molecule has 104 valence electrons. The molecule has 3 rings (SSSR count). The molecule has 0 spiro atoms. The van der Waals surface area contributed by atoms with Crippen LogP contribution in [0.2, 0.25) is 0 Å². The van der Waals surface area contributed by atoms with Crippen molar-refractivity contribution >= 4 is 11.8 Å². The third-order valence-corrected chi connectivity index (χ3v) is 6.17. The Balaban J connectivity index is 1.82. The van der Waals surface area contributed by atoms with Crippen LogP contribution < -0.4 is 5.73 Å². The van der Waals surface area contributed by atoms with Gasteiger partial charge in [-0.1, -0.05) is 31.2 Å². The number of nitrogens with zero attached hydrogens (tertiary/aromatic N) is 1. The monoisotopic (exact) mass is 276 g/mol. The summed E-state index contributed by atoms with van der Waals surface area (Å²) in [5, 5.41) is 0.792. The number of nitrogens with two attached hydrogens (primary N) is 1. The van der Waals surface area contributed by atoms with Crippen molar-refractivity contribution in [2.24, 2.45) is 5.73 Å². The van der Waals surface area contributed by atoms with E-state index in [0.29, 0.717) is 0 Å². The van der Waals surface area contributed by atoms with Gasteiger partial charge in [-0.15, -0.1) is 0 Å². The van der Waals surface area contributed by atoms with Crippen molar-refractivity contribution in [3.05, 3.63) is 35.4 Å². The van der Waals surface area contributed by atoms with Crippen LogP contribution in [-0.4, -0.2) is 41.1 Å². The molecule has 2 aliphatic rings. The highest BCUT2D eigenvalue weighted by Gasteiger charge is 2.42. The third-order valence-electron chi connectivity index (χ3n) is 4.80. The first kappa shape index (κ1) is 13.5. The number of hydrogen-bond acceptors (Lipinski definition) is 3. The van der Waals surface area contributed by atoms with Crippen LogP contribution in [0.1, 0.15) is 24.5 Å². The highest BCUT2D eigenvalue weighted by Crippen LogP contribution is 2.36. The van der Waals surface area contributed by atoms with E-state index in [4.69, 9.17) is 5.73 Å². The van der Waals surface area contributed by atoms with E-state index in [-0.39, 0.29) is 5.54 Å². The lowest BCUT2D eigenvalue weighted by atomic mass is 9.92. The molecule has 1 fully saturated rings. The first-order chi connectivity index (χ1) is 9.27. The topological polar surface area (TPSA) is 29.3 Å². The largest absolute Gasteiger partial charge is 0.329 e. The van der Waals surface area contributed by atoms with E-state index in [2.05, 4.69) is 47.9 Å². The molecule has 1 unspecified atom stereocenters. The molecule has 0 amide bonds. The molecule has 19 heavy (non-hydrogen) atoms. The van der Waals surface area contributed by atoms with E-state index in [1.807, 2.05) is 0 Å². The smallest absolute Gasteiger partial charge is 0.0413 e. The lowest BCUT2D eigenvalue weighted by Crippen LogP contribution is -2.58. The van der Waals surface area contributed by atoms with Gasteiger partial charge in [-0.25, -0.2) is 0 Å². The fraction of sp³-hybridized carbons (Fsp3) is 0.625. The van der Waals surface area contributed by atoms with Gasteiger partial charge in [-0.2, -0.15) is 11.8 Å². The summed E-state index contributed by atoms with van der Waals surface area (Å²) in [7, 11) is 0. The minimum atomic E-state index is 0.193. The Morgan fingerprint density at radius 3 is 2.58 bits per heavy atom. The number of fused-ring (bicyclic) bond motifs is 1. The number of rotatable bonds is 3. The first-order valence-electron chi connectivity index (χ1n) is 7.41. The summed E-state index contributed by atoms with van der Waals surface area (Å²) in [4.78, 5) is 2.69. The van der Waals surface area contributed by atoms with Crippen LogP contribution >= 0.6 is 11.8 Å². The Morgan fingerprint density at radius 1 is 1.32 bits per heavy atom. The minimum absolute atomic E-state index is 0.193. The summed E-state index contributed by atoms with van der Waals surface area (Å²) >= 11 is 2.14. The van der Waals surface area contributed by atoms with E-state index in [1.165, 1.54) is 36.4 Å². The summed E-state index contributed by atoms with van der Waals surface area (Å²) < 4.78 is 0. The first-order valence-corrected chi connectivity index (χ1v) is 8.46. The van der Waals surface area contributed by atoms with Gasteiger partial charge in [0.25, 0.3) is 0 Å². The highest BCUT2D eigenvalue weighted by atomic mass is 32.2. The fourth-order valence-electron chi connectivity index (χ4n) is 3.57. The molecule has 0 aromatic heterocycles. The van der Waals surface area contributed by atoms with Gasteiger partial charge >= 0.3 is 0 Å². The second kappa shape index (κ2) is 5.47. The number of benzene rings is 1. The van der Waals surface area contributed by atoms with Gasteiger partial charge in [0.15, 0.2) is 0 Å². The van der Waals surface area contributed by atoms with Crippen LogP contribution in [0.25, 0.3) is 0 Å². The summed E-state index contributed by atoms with van der Waals surface area (Å²) in [6.07, 6.45) is 3.55. The molecule has 0 bridgehead atoms. The van der Waals surface area contributed by atoms with Gasteiger partial charge in [0.2, 0.25) is 0 Å². The van der Waals surface area contributed by atoms with Crippen molar-refractivity contribution in [2.45, 2.75) is 37.0 Å². The van der Waals surface area contributed by atoms with E-state index >= 15 is 0 Å². The molecule has 1 aliphatic heterocycles. The molecule has 0 radical (unpaired) electrons. The van der Waals surface area contributed by atoms with E-state index in [9.17, 15) is 0 Å². The van der Waals surface area contributed by atoms with Gasteiger partial charge in [-0.3, -0.25) is 4.90 Å². The Labute approximate surface area is 120 Å². The van der Waals surface area contributed by atoms with Crippen molar-refractivity contribution in [2.75, 3.05) is 25.4 Å². The third kappa shape index (κ3) is 2.44. The zero-order chi connectivity index (χ0) is 13.3. The van der Waals surface area contributed by atoms with Crippen LogP contribution in [0.3, 0.4) is 0 Å². The molecular weight excluding hydrogens is 252 g/mol. The van der Waals surface area contributed by atoms with Crippen LogP contribution in [0, 0.1) is 0 Å². The summed E-state index contributed by atoms with van der Waals surface area (Å²) in [6.45, 7) is 5.50. The summed E-state index contributed by atoms with van der Waals surface area (Å²) in [6, 6.07) is 8.88. The van der Waals surface area contributed by atoms with E-state index in [1.54, 1.807) is 0 Å². The zero-order valence-corrected chi connectivity index (χ0v) is 12.6. The Bertz CT molecular complexity index is 421. The van der Waals surface area contributed by atoms with Crippen LogP contribution in [0.5, 0.6) is 0 Å². The van der Waals surface area contributed by atoms with Crippen molar-refractivity contribution in [1.82, 2.24) is 4.90 Å². The molecule has 3 heteroatoms. The van der Waals surface area contributed by atoms with E-state index < -0.39 is 0 Å². The van der Waals surface area contributed by atoms with Gasteiger partial charge in [0.05, 0.1) is 0 Å². The molecule has 1 aromatic carbocycles. The predicted octanol–water partition coefficient (Wildman–Crippen LogP) is 2.31. The molecule has 1 atom stereocenters. The Hall–Kier alpha value is -0.510. The van der Waals surface area contributed by atoms with Gasteiger partial charge < -0.3 is 5.73 Å². The van der Waals surface area contributed by atoms with Crippen molar-refractivity contribution in [1.29, 1.82) is 0 Å². The molecule has 0 saturated carbocycles. The maximum absolute atomic E-state index is 6.22. The molecule has 1 heterocycles. The molecule has 1 aromatic rings. The Morgan fingerprint density at radius 2 is 2.00 bits per heavy atom. The maximum atomic E-state index is 6.22. The normalized spacial score (nSPS) is 26.3. The Kier molecular flexibility index (Phi) is 3.88. The number of thioether (sulfide) groups is 1. The van der Waals surface area contributed by atoms with Crippen molar-refractivity contribution < 1.29 is 0 Å². The van der Waals surface area contributed by atoms with Gasteiger partial charge in [0, 0.05) is 36.2 Å². The van der Waals surface area contributed by atoms with Crippen LogP contribution in [-0.2, 0) is 12.8 Å². The molecular formula is C16H24N2S. The lowest BCUT2D eigenvalue weighted by molar-refractivity contribution is 0.106. The second-order valence-electron chi connectivity index (χ2n) is 5.90. The highest BCUT2D eigenvalue weighted by molar-refractivity contribution is 8.00. The lowest BCUT2D eigenvalue weighted by Gasteiger charge is -2.45. The fourth-order valence-corrected chi connectivity index (χ4v) is 4.75.